The Hall–Kier alpha value is -4.58. The van der Waals surface area contributed by atoms with E-state index in [0.717, 1.165) is 22.2 Å². The van der Waals surface area contributed by atoms with Crippen LogP contribution in [-0.2, 0) is 16.1 Å². The van der Waals surface area contributed by atoms with E-state index >= 15 is 0 Å². The Kier molecular flexibility index (Phi) is 12.0. The summed E-state index contributed by atoms with van der Waals surface area (Å²) in [4.78, 5) is 39.1. The molecule has 1 fully saturated rings. The maximum atomic E-state index is 13.5. The van der Waals surface area contributed by atoms with Gasteiger partial charge in [-0.15, -0.1) is 0 Å². The minimum absolute atomic E-state index is 0.113. The highest BCUT2D eigenvalue weighted by Crippen LogP contribution is 2.29. The van der Waals surface area contributed by atoms with Gasteiger partial charge in [0, 0.05) is 49.9 Å². The van der Waals surface area contributed by atoms with Gasteiger partial charge in [-0.25, -0.2) is 13.8 Å². The quantitative estimate of drug-likeness (QED) is 0.310. The lowest BCUT2D eigenvalue weighted by molar-refractivity contribution is -0.0987. The molecule has 0 atom stereocenters. The van der Waals surface area contributed by atoms with Crippen molar-refractivity contribution in [1.82, 2.24) is 25.1 Å². The molecule has 4 heterocycles. The number of rotatable bonds is 6. The molecule has 4 aromatic rings. The first-order chi connectivity index (χ1) is 19.4. The molecule has 3 N–H and O–H groups in total. The molecule has 5 rings (SSSR count). The summed E-state index contributed by atoms with van der Waals surface area (Å²) < 4.78 is 27.1. The van der Waals surface area contributed by atoms with Crippen LogP contribution in [0.25, 0.3) is 22.0 Å². The fraction of sp³-hybridized carbons (Fsp3) is 0.286. The third kappa shape index (κ3) is 7.96. The number of pyridine rings is 2. The number of aromatic nitrogens is 4. The number of hydrogen-bond donors (Lipinski definition) is 3. The molecule has 40 heavy (non-hydrogen) atoms. The summed E-state index contributed by atoms with van der Waals surface area (Å²) in [6.45, 7) is 8.55. The number of fused-ring (bicyclic) bond motifs is 1. The molecule has 1 saturated heterocycles. The molecule has 0 aliphatic carbocycles. The minimum atomic E-state index is -2.63. The highest BCUT2D eigenvalue weighted by atomic mass is 19.3. The standard InChI is InChI=1S/C24H23F2N7O.C2H6.2CH2O/c1-27-21-5-3-18(12-29-21)30-23(34)22-19-9-16(2-4-20(19)31-32-22)17-8-15(10-28-11-17)13-33-7-6-24(25,26)14-33;3*1-2/h2-5,8-12H,6-7,13-14H2,1H3,(H,27,29)(H,30,34)(H,31,32);1-2H3;2*1H2. The lowest BCUT2D eigenvalue weighted by Gasteiger charge is -2.15. The number of aromatic amines is 1. The van der Waals surface area contributed by atoms with Gasteiger partial charge in [0.25, 0.3) is 11.8 Å². The van der Waals surface area contributed by atoms with Crippen LogP contribution in [0, 0.1) is 0 Å². The lowest BCUT2D eigenvalue weighted by Crippen LogP contribution is -2.24. The predicted octanol–water partition coefficient (Wildman–Crippen LogP) is 4.81. The summed E-state index contributed by atoms with van der Waals surface area (Å²) in [6.07, 6.45) is 4.87. The second-order valence-corrected chi connectivity index (χ2v) is 8.37. The Bertz CT molecular complexity index is 1380. The van der Waals surface area contributed by atoms with Crippen LogP contribution in [0.1, 0.15) is 36.3 Å². The second-order valence-electron chi connectivity index (χ2n) is 8.37. The molecular weight excluding hydrogens is 520 g/mol. The maximum Gasteiger partial charge on any atom is 0.276 e. The fourth-order valence-electron chi connectivity index (χ4n) is 4.10. The van der Waals surface area contributed by atoms with Gasteiger partial charge in [-0.1, -0.05) is 19.9 Å². The maximum absolute atomic E-state index is 13.5. The highest BCUT2D eigenvalue weighted by molar-refractivity contribution is 6.11. The van der Waals surface area contributed by atoms with E-state index in [1.165, 1.54) is 0 Å². The Labute approximate surface area is 231 Å². The van der Waals surface area contributed by atoms with Gasteiger partial charge in [0.1, 0.15) is 19.4 Å². The van der Waals surface area contributed by atoms with E-state index in [9.17, 15) is 13.6 Å². The van der Waals surface area contributed by atoms with Crippen molar-refractivity contribution in [1.29, 1.82) is 0 Å². The van der Waals surface area contributed by atoms with Gasteiger partial charge in [0.2, 0.25) is 0 Å². The third-order valence-corrected chi connectivity index (χ3v) is 5.84. The monoisotopic (exact) mass is 553 g/mol. The van der Waals surface area contributed by atoms with E-state index in [1.54, 1.807) is 42.7 Å². The number of H-pyrrole nitrogens is 1. The summed E-state index contributed by atoms with van der Waals surface area (Å²) in [5, 5.41) is 13.5. The van der Waals surface area contributed by atoms with Gasteiger partial charge in [0.05, 0.1) is 23.9 Å². The van der Waals surface area contributed by atoms with Crippen molar-refractivity contribution in [3.05, 3.63) is 66.2 Å². The number of carbonyl (C=O) groups excluding carboxylic acids is 3. The number of nitrogens with one attached hydrogen (secondary N) is 3. The summed E-state index contributed by atoms with van der Waals surface area (Å²) in [5.41, 5.74) is 4.09. The van der Waals surface area contributed by atoms with Crippen molar-refractivity contribution >= 4 is 41.9 Å². The van der Waals surface area contributed by atoms with Crippen molar-refractivity contribution in [2.45, 2.75) is 32.7 Å². The fourth-order valence-corrected chi connectivity index (χ4v) is 4.10. The number of hydrogen-bond acceptors (Lipinski definition) is 8. The van der Waals surface area contributed by atoms with Gasteiger partial charge in [-0.3, -0.25) is 19.8 Å². The molecule has 0 unspecified atom stereocenters. The first-order valence-electron chi connectivity index (χ1n) is 12.5. The van der Waals surface area contributed by atoms with Crippen molar-refractivity contribution in [2.75, 3.05) is 30.8 Å². The molecule has 0 spiro atoms. The normalized spacial score (nSPS) is 13.5. The number of amides is 1. The number of likely N-dealkylation sites (tertiary alicyclic amines) is 1. The van der Waals surface area contributed by atoms with Crippen LogP contribution >= 0.6 is 0 Å². The predicted molar refractivity (Wildman–Crippen MR) is 151 cm³/mol. The molecule has 0 bridgehead atoms. The number of nitrogens with zero attached hydrogens (tertiary/aromatic N) is 4. The topological polar surface area (TPSA) is 133 Å². The molecule has 1 aromatic carbocycles. The molecule has 12 heteroatoms. The van der Waals surface area contributed by atoms with E-state index in [4.69, 9.17) is 9.59 Å². The first-order valence-corrected chi connectivity index (χ1v) is 12.5. The van der Waals surface area contributed by atoms with Gasteiger partial charge in [0.15, 0.2) is 5.69 Å². The zero-order valence-corrected chi connectivity index (χ0v) is 22.7. The van der Waals surface area contributed by atoms with Gasteiger partial charge in [-0.05, 0) is 41.5 Å². The molecule has 1 aliphatic heterocycles. The molecule has 10 nitrogen and oxygen atoms in total. The summed E-state index contributed by atoms with van der Waals surface area (Å²) in [7, 11) is 1.77. The largest absolute Gasteiger partial charge is 0.373 e. The average Bonchev–Trinajstić information content (AvgIpc) is 3.58. The van der Waals surface area contributed by atoms with Crippen molar-refractivity contribution in [3.8, 4) is 11.1 Å². The van der Waals surface area contributed by atoms with Crippen LogP contribution in [0.4, 0.5) is 20.3 Å². The molecule has 0 saturated carbocycles. The number of anilines is 2. The number of carbonyl (C=O) groups is 3. The van der Waals surface area contributed by atoms with Crippen molar-refractivity contribution < 1.29 is 23.2 Å². The number of alkyl halides is 2. The average molecular weight is 554 g/mol. The zero-order chi connectivity index (χ0) is 29.7. The second kappa shape index (κ2) is 15.1. The molecule has 0 radical (unpaired) electrons. The number of benzene rings is 1. The van der Waals surface area contributed by atoms with E-state index in [1.807, 2.05) is 51.7 Å². The molecule has 3 aromatic heterocycles. The van der Waals surface area contributed by atoms with E-state index in [0.29, 0.717) is 30.0 Å². The van der Waals surface area contributed by atoms with Gasteiger partial charge < -0.3 is 20.2 Å². The first kappa shape index (κ1) is 31.6. The lowest BCUT2D eigenvalue weighted by atomic mass is 10.0. The molecule has 1 aliphatic rings. The Morgan fingerprint density at radius 1 is 1.05 bits per heavy atom. The van der Waals surface area contributed by atoms with E-state index in [2.05, 4.69) is 30.8 Å². The van der Waals surface area contributed by atoms with Crippen LogP contribution in [0.5, 0.6) is 0 Å². The Balaban J connectivity index is 0.000000876. The van der Waals surface area contributed by atoms with Gasteiger partial charge >= 0.3 is 0 Å². The summed E-state index contributed by atoms with van der Waals surface area (Å²) in [5.74, 6) is -2.29. The van der Waals surface area contributed by atoms with Crippen LogP contribution in [0.2, 0.25) is 0 Å². The van der Waals surface area contributed by atoms with Crippen LogP contribution < -0.4 is 10.6 Å². The summed E-state index contributed by atoms with van der Waals surface area (Å²) in [6, 6.07) is 11.1. The number of halogens is 2. The Morgan fingerprint density at radius 2 is 1.80 bits per heavy atom. The molecule has 1 amide bonds. The minimum Gasteiger partial charge on any atom is -0.373 e. The smallest absolute Gasteiger partial charge is 0.276 e. The van der Waals surface area contributed by atoms with Crippen LogP contribution in [0.3, 0.4) is 0 Å². The third-order valence-electron chi connectivity index (χ3n) is 5.84. The highest BCUT2D eigenvalue weighted by Gasteiger charge is 2.37. The zero-order valence-electron chi connectivity index (χ0n) is 22.7. The van der Waals surface area contributed by atoms with Gasteiger partial charge in [-0.2, -0.15) is 5.10 Å². The summed E-state index contributed by atoms with van der Waals surface area (Å²) >= 11 is 0. The van der Waals surface area contributed by atoms with Crippen molar-refractivity contribution in [2.24, 2.45) is 0 Å². The van der Waals surface area contributed by atoms with E-state index < -0.39 is 5.92 Å². The van der Waals surface area contributed by atoms with Crippen molar-refractivity contribution in [3.63, 3.8) is 0 Å². The van der Waals surface area contributed by atoms with Crippen LogP contribution in [0.15, 0.2) is 55.0 Å². The van der Waals surface area contributed by atoms with Crippen LogP contribution in [-0.4, -0.2) is 70.6 Å². The van der Waals surface area contributed by atoms with E-state index in [-0.39, 0.29) is 24.6 Å². The molecular formula is C28H33F2N7O3. The SMILES string of the molecule is C=O.C=O.CC.CNc1ccc(NC(=O)c2n[nH]c3ccc(-c4cncc(CN5CCC(F)(F)C5)c4)cc23)cn1. The Morgan fingerprint density at radius 3 is 2.42 bits per heavy atom. The molecule has 212 valence electrons.